The lowest BCUT2D eigenvalue weighted by Crippen LogP contribution is -2.48. The highest BCUT2D eigenvalue weighted by molar-refractivity contribution is 7.58. The number of nitrogen functional groups attached to an aromatic ring is 1. The van der Waals surface area contributed by atoms with Crippen molar-refractivity contribution in [1.82, 2.24) is 24.6 Å². The summed E-state index contributed by atoms with van der Waals surface area (Å²) in [5.74, 6) is -2.24. The predicted octanol–water partition coefficient (Wildman–Crippen LogP) is 0.574. The fourth-order valence-corrected chi connectivity index (χ4v) is 5.63. The fourth-order valence-electron chi connectivity index (χ4n) is 3.87. The first-order chi connectivity index (χ1) is 16.3. The van der Waals surface area contributed by atoms with E-state index in [-0.39, 0.29) is 29.7 Å². The van der Waals surface area contributed by atoms with Crippen molar-refractivity contribution in [2.75, 3.05) is 12.3 Å². The van der Waals surface area contributed by atoms with Crippen LogP contribution in [0.1, 0.15) is 40.8 Å². The number of carbonyl (C=O) groups excluding carboxylic acids is 1. The number of anilines is 1. The first kappa shape index (κ1) is 26.0. The molecule has 4 rings (SSSR count). The molecule has 4 heterocycles. The van der Waals surface area contributed by atoms with Gasteiger partial charge in [0.15, 0.2) is 29.0 Å². The molecule has 2 unspecified atom stereocenters. The van der Waals surface area contributed by atoms with Gasteiger partial charge in [0.25, 0.3) is 0 Å². The molecule has 5 N–H and O–H groups in total. The summed E-state index contributed by atoms with van der Waals surface area (Å²) in [7, 11) is -3.85. The van der Waals surface area contributed by atoms with Crippen molar-refractivity contribution < 1.29 is 42.4 Å². The van der Waals surface area contributed by atoms with Crippen molar-refractivity contribution in [3.05, 3.63) is 12.4 Å². The van der Waals surface area contributed by atoms with Crippen LogP contribution in [-0.4, -0.2) is 78.3 Å². The van der Waals surface area contributed by atoms with Crippen LogP contribution in [0.25, 0.3) is 11.2 Å². The molecule has 16 heteroatoms. The van der Waals surface area contributed by atoms with E-state index in [1.165, 1.54) is 31.7 Å². The molecule has 1 radical (unpaired) electrons. The number of aromatic nitrogens is 4. The SMILES string of the molecule is CC(C)OC(=O)C(C)N[P]1(O)OC[C@H]2O[C@@H](n3cnc4c(N)nc(F)nc43)[C@@H](O)[C@@H]2OC(C)(C)O1. The second-order valence-corrected chi connectivity index (χ2v) is 10.7. The van der Waals surface area contributed by atoms with Crippen LogP contribution in [0, 0.1) is 6.08 Å². The number of fused-ring (bicyclic) bond motifs is 2. The zero-order valence-electron chi connectivity index (χ0n) is 19.8. The monoisotopic (exact) mass is 519 g/mol. The third-order valence-corrected chi connectivity index (χ3v) is 7.14. The highest BCUT2D eigenvalue weighted by Gasteiger charge is 2.53. The van der Waals surface area contributed by atoms with Crippen molar-refractivity contribution in [2.45, 2.75) is 77.1 Å². The van der Waals surface area contributed by atoms with E-state index in [4.69, 9.17) is 29.0 Å². The van der Waals surface area contributed by atoms with Gasteiger partial charge >= 0.3 is 20.1 Å². The highest BCUT2D eigenvalue weighted by atomic mass is 31.2. The van der Waals surface area contributed by atoms with E-state index in [0.29, 0.717) is 0 Å². The van der Waals surface area contributed by atoms with Gasteiger partial charge in [-0.05, 0) is 34.6 Å². The second kappa shape index (κ2) is 9.41. The van der Waals surface area contributed by atoms with E-state index in [2.05, 4.69) is 20.0 Å². The van der Waals surface area contributed by atoms with Crippen LogP contribution in [0.4, 0.5) is 10.2 Å². The topological polar surface area (TPSA) is 185 Å². The molecule has 0 spiro atoms. The summed E-state index contributed by atoms with van der Waals surface area (Å²) in [4.78, 5) is 34.5. The molecule has 2 aromatic heterocycles. The Balaban J connectivity index is 1.56. The van der Waals surface area contributed by atoms with Crippen molar-refractivity contribution >= 4 is 31.0 Å². The number of nitrogens with one attached hydrogen (secondary N) is 1. The average Bonchev–Trinajstić information content (AvgIpc) is 3.26. The Hall–Kier alpha value is -2.10. The Morgan fingerprint density at radius 2 is 2.11 bits per heavy atom. The van der Waals surface area contributed by atoms with Gasteiger partial charge in [-0.1, -0.05) is 0 Å². The molecule has 2 saturated heterocycles. The fraction of sp³-hybridized carbons (Fsp3) is 0.684. The number of rotatable bonds is 5. The molecule has 0 amide bonds. The van der Waals surface area contributed by atoms with Crippen LogP contribution in [0.2, 0.25) is 0 Å². The molecule has 14 nitrogen and oxygen atoms in total. The minimum absolute atomic E-state index is 0.0212. The first-order valence-corrected chi connectivity index (χ1v) is 12.5. The third-order valence-electron chi connectivity index (χ3n) is 5.24. The zero-order chi connectivity index (χ0) is 25.7. The number of imidazole rings is 1. The number of esters is 1. The summed E-state index contributed by atoms with van der Waals surface area (Å²) in [5.41, 5.74) is 5.88. The number of halogens is 1. The van der Waals surface area contributed by atoms with E-state index in [9.17, 15) is 19.2 Å². The van der Waals surface area contributed by atoms with Crippen molar-refractivity contribution in [3.8, 4) is 0 Å². The largest absolute Gasteiger partial charge is 0.462 e. The molecule has 6 atom stereocenters. The quantitative estimate of drug-likeness (QED) is 0.244. The van der Waals surface area contributed by atoms with Crippen LogP contribution >= 0.6 is 8.09 Å². The number of ether oxygens (including phenoxy) is 3. The molecular formula is C19H29FN6O8P. The molecule has 35 heavy (non-hydrogen) atoms. The van der Waals surface area contributed by atoms with Gasteiger partial charge in [0.1, 0.15) is 24.4 Å². The number of hydrogen-bond acceptors (Lipinski definition) is 13. The minimum Gasteiger partial charge on any atom is -0.462 e. The molecule has 2 aromatic rings. The number of aliphatic hydroxyl groups excluding tert-OH is 1. The maximum Gasteiger partial charge on any atom is 0.323 e. The van der Waals surface area contributed by atoms with E-state index in [1.54, 1.807) is 13.8 Å². The summed E-state index contributed by atoms with van der Waals surface area (Å²) >= 11 is 0. The second-order valence-electron chi connectivity index (χ2n) is 8.98. The smallest absolute Gasteiger partial charge is 0.323 e. The van der Waals surface area contributed by atoms with E-state index in [0.717, 1.165) is 0 Å². The van der Waals surface area contributed by atoms with Crippen molar-refractivity contribution in [2.24, 2.45) is 0 Å². The summed E-state index contributed by atoms with van der Waals surface area (Å²) in [6, 6.07) is -0.957. The molecule has 2 aliphatic heterocycles. The standard InChI is InChI=1S/C19H29FN6O8P/c1-8(2)31-17(28)9(3)25-35(29)30-6-10-13(33-19(4,5)34-35)12(27)16(32-10)26-7-22-11-14(21)23-18(20)24-15(11)26/h7-10,12-13,16,25,27,29H,6H2,1-5H3,(H2,21,23,24)/t9?,10-,12+,13-,16-/m1/s1. The predicted molar refractivity (Wildman–Crippen MR) is 119 cm³/mol. The van der Waals surface area contributed by atoms with Crippen molar-refractivity contribution in [1.29, 1.82) is 0 Å². The Kier molecular flexibility index (Phi) is 6.98. The maximum absolute atomic E-state index is 13.8. The number of hydrogen-bond donors (Lipinski definition) is 4. The van der Waals surface area contributed by atoms with E-state index < -0.39 is 56.5 Å². The zero-order valence-corrected chi connectivity index (χ0v) is 20.7. The van der Waals surface area contributed by atoms with Gasteiger partial charge in [-0.25, -0.2) is 10.1 Å². The number of aliphatic hydroxyl groups is 1. The number of nitrogens with two attached hydrogens (primary N) is 1. The van der Waals surface area contributed by atoms with Crippen LogP contribution < -0.4 is 10.8 Å². The highest BCUT2D eigenvalue weighted by Crippen LogP contribution is 2.58. The van der Waals surface area contributed by atoms with E-state index in [1.807, 2.05) is 0 Å². The number of carbonyl (C=O) groups is 1. The molecule has 195 valence electrons. The summed E-state index contributed by atoms with van der Waals surface area (Å²) in [6.45, 7) is 7.65. The molecule has 0 saturated carbocycles. The normalized spacial score (nSPS) is 31.7. The summed E-state index contributed by atoms with van der Waals surface area (Å²) in [6.07, 6.45) is -4.34. The summed E-state index contributed by atoms with van der Waals surface area (Å²) < 4.78 is 43.6. The third kappa shape index (κ3) is 5.37. The Bertz CT molecular complexity index is 1100. The number of nitrogens with zero attached hydrogens (tertiary/aromatic N) is 4. The molecule has 2 aliphatic rings. The summed E-state index contributed by atoms with van der Waals surface area (Å²) in [5, 5.41) is 13.7. The minimum atomic E-state index is -3.85. The molecule has 2 fully saturated rings. The van der Waals surface area contributed by atoms with Crippen molar-refractivity contribution in [3.63, 3.8) is 0 Å². The first-order valence-electron chi connectivity index (χ1n) is 10.9. The van der Waals surface area contributed by atoms with Gasteiger partial charge in [-0.3, -0.25) is 13.9 Å². The lowest BCUT2D eigenvalue weighted by atomic mass is 10.1. The van der Waals surface area contributed by atoms with Gasteiger partial charge < -0.3 is 34.5 Å². The lowest BCUT2D eigenvalue weighted by Gasteiger charge is -2.42. The van der Waals surface area contributed by atoms with Gasteiger partial charge in [0.2, 0.25) is 0 Å². The molecule has 0 aliphatic carbocycles. The van der Waals surface area contributed by atoms with Gasteiger partial charge in [-0.15, -0.1) is 0 Å². The van der Waals surface area contributed by atoms with Crippen LogP contribution in [0.3, 0.4) is 0 Å². The van der Waals surface area contributed by atoms with E-state index >= 15 is 0 Å². The average molecular weight is 519 g/mol. The molecule has 0 bridgehead atoms. The Morgan fingerprint density at radius 1 is 1.40 bits per heavy atom. The van der Waals surface area contributed by atoms with Gasteiger partial charge in [0.05, 0.1) is 19.0 Å². The Morgan fingerprint density at radius 3 is 2.80 bits per heavy atom. The Labute approximate surface area is 200 Å². The van der Waals surface area contributed by atoms with Gasteiger partial charge in [-0.2, -0.15) is 14.4 Å². The molecule has 0 aromatic carbocycles. The van der Waals surface area contributed by atoms with Crippen LogP contribution in [0.15, 0.2) is 6.33 Å². The maximum atomic E-state index is 13.8. The molecular weight excluding hydrogens is 490 g/mol. The lowest BCUT2D eigenvalue weighted by molar-refractivity contribution is -0.231. The van der Waals surface area contributed by atoms with Crippen LogP contribution in [0.5, 0.6) is 0 Å². The van der Waals surface area contributed by atoms with Gasteiger partial charge in [0, 0.05) is 0 Å². The van der Waals surface area contributed by atoms with Crippen LogP contribution in [-0.2, 0) is 28.1 Å².